The lowest BCUT2D eigenvalue weighted by Gasteiger charge is -2.08. The summed E-state index contributed by atoms with van der Waals surface area (Å²) in [4.78, 5) is 11.7. The Morgan fingerprint density at radius 2 is 1.95 bits per heavy atom. The van der Waals surface area contributed by atoms with Crippen LogP contribution in [0.25, 0.3) is 0 Å². The van der Waals surface area contributed by atoms with E-state index in [1.54, 1.807) is 18.2 Å². The summed E-state index contributed by atoms with van der Waals surface area (Å²) in [6.07, 6.45) is 0.306. The minimum atomic E-state index is -0.308. The van der Waals surface area contributed by atoms with Crippen LogP contribution in [-0.2, 0) is 11.3 Å². The highest BCUT2D eigenvalue weighted by Gasteiger charge is 2.03. The number of anilines is 1. The molecule has 0 aliphatic heterocycles. The summed E-state index contributed by atoms with van der Waals surface area (Å²) in [5, 5.41) is 5.77. The van der Waals surface area contributed by atoms with Crippen molar-refractivity contribution in [3.05, 3.63) is 65.5 Å². The first kappa shape index (κ1) is 15.0. The van der Waals surface area contributed by atoms with Gasteiger partial charge in [0, 0.05) is 19.5 Å². The number of benzene rings is 2. The molecule has 3 nitrogen and oxygen atoms in total. The van der Waals surface area contributed by atoms with Crippen molar-refractivity contribution >= 4 is 11.6 Å². The summed E-state index contributed by atoms with van der Waals surface area (Å²) in [6, 6.07) is 14.4. The smallest absolute Gasteiger partial charge is 0.222 e. The Morgan fingerprint density at radius 1 is 1.14 bits per heavy atom. The van der Waals surface area contributed by atoms with E-state index in [0.29, 0.717) is 25.2 Å². The standard InChI is InChI=1S/C17H19FN2O/c1-13-5-4-6-14(11-13)12-20-17(21)9-10-19-16-8-3-2-7-15(16)18/h2-8,11,19H,9-10,12H2,1H3,(H,20,21). The molecule has 2 N–H and O–H groups in total. The number of amides is 1. The zero-order chi connectivity index (χ0) is 15.1. The minimum Gasteiger partial charge on any atom is -0.382 e. The van der Waals surface area contributed by atoms with Crippen LogP contribution in [0.2, 0.25) is 0 Å². The monoisotopic (exact) mass is 286 g/mol. The molecule has 4 heteroatoms. The molecular weight excluding hydrogens is 267 g/mol. The molecule has 0 aromatic heterocycles. The number of rotatable bonds is 6. The Balaban J connectivity index is 1.72. The predicted molar refractivity (Wildman–Crippen MR) is 82.5 cm³/mol. The number of carbonyl (C=O) groups is 1. The molecule has 2 aromatic carbocycles. The van der Waals surface area contributed by atoms with Crippen LogP contribution in [0.5, 0.6) is 0 Å². The highest BCUT2D eigenvalue weighted by Crippen LogP contribution is 2.11. The van der Waals surface area contributed by atoms with Gasteiger partial charge >= 0.3 is 0 Å². The first-order valence-corrected chi connectivity index (χ1v) is 6.96. The molecular formula is C17H19FN2O. The van der Waals surface area contributed by atoms with E-state index in [9.17, 15) is 9.18 Å². The largest absolute Gasteiger partial charge is 0.382 e. The van der Waals surface area contributed by atoms with Gasteiger partial charge in [-0.3, -0.25) is 4.79 Å². The van der Waals surface area contributed by atoms with Crippen LogP contribution in [0.4, 0.5) is 10.1 Å². The van der Waals surface area contributed by atoms with E-state index in [-0.39, 0.29) is 11.7 Å². The molecule has 0 fully saturated rings. The molecule has 0 radical (unpaired) electrons. The quantitative estimate of drug-likeness (QED) is 0.856. The van der Waals surface area contributed by atoms with Crippen LogP contribution >= 0.6 is 0 Å². The summed E-state index contributed by atoms with van der Waals surface area (Å²) in [5.74, 6) is -0.363. The normalized spacial score (nSPS) is 10.2. The first-order chi connectivity index (χ1) is 10.1. The fourth-order valence-electron chi connectivity index (χ4n) is 2.03. The zero-order valence-corrected chi connectivity index (χ0v) is 12.0. The van der Waals surface area contributed by atoms with Crippen LogP contribution in [0, 0.1) is 12.7 Å². The number of hydrogen-bond donors (Lipinski definition) is 2. The van der Waals surface area contributed by atoms with Crippen molar-refractivity contribution in [1.29, 1.82) is 0 Å². The van der Waals surface area contributed by atoms with Gasteiger partial charge in [0.05, 0.1) is 5.69 Å². The molecule has 0 atom stereocenters. The van der Waals surface area contributed by atoms with Crippen LogP contribution in [0.3, 0.4) is 0 Å². The molecule has 2 aromatic rings. The molecule has 21 heavy (non-hydrogen) atoms. The summed E-state index contributed by atoms with van der Waals surface area (Å²) in [6.45, 7) is 2.93. The van der Waals surface area contributed by atoms with E-state index in [2.05, 4.69) is 10.6 Å². The molecule has 0 saturated heterocycles. The lowest BCUT2D eigenvalue weighted by molar-refractivity contribution is -0.121. The van der Waals surface area contributed by atoms with Crippen molar-refractivity contribution in [2.24, 2.45) is 0 Å². The van der Waals surface area contributed by atoms with Crippen molar-refractivity contribution in [2.45, 2.75) is 19.9 Å². The summed E-state index contributed by atoms with van der Waals surface area (Å²) in [5.41, 5.74) is 2.66. The SMILES string of the molecule is Cc1cccc(CNC(=O)CCNc2ccccc2F)c1. The molecule has 0 aliphatic rings. The Kier molecular flexibility index (Phi) is 5.32. The van der Waals surface area contributed by atoms with E-state index >= 15 is 0 Å². The average Bonchev–Trinajstić information content (AvgIpc) is 2.47. The molecule has 2 rings (SSSR count). The number of aryl methyl sites for hydroxylation is 1. The van der Waals surface area contributed by atoms with E-state index in [1.807, 2.05) is 31.2 Å². The van der Waals surface area contributed by atoms with Crippen molar-refractivity contribution in [3.63, 3.8) is 0 Å². The van der Waals surface area contributed by atoms with E-state index in [4.69, 9.17) is 0 Å². The number of carbonyl (C=O) groups excluding carboxylic acids is 1. The summed E-state index contributed by atoms with van der Waals surface area (Å²) < 4.78 is 13.4. The molecule has 0 saturated carbocycles. The van der Waals surface area contributed by atoms with Gasteiger partial charge in [-0.05, 0) is 24.6 Å². The third-order valence-corrected chi connectivity index (χ3v) is 3.11. The summed E-state index contributed by atoms with van der Waals surface area (Å²) in [7, 11) is 0. The topological polar surface area (TPSA) is 41.1 Å². The molecule has 0 unspecified atom stereocenters. The average molecular weight is 286 g/mol. The molecule has 110 valence electrons. The fourth-order valence-corrected chi connectivity index (χ4v) is 2.03. The van der Waals surface area contributed by atoms with Gasteiger partial charge in [0.2, 0.25) is 5.91 Å². The van der Waals surface area contributed by atoms with E-state index < -0.39 is 0 Å². The van der Waals surface area contributed by atoms with E-state index in [1.165, 1.54) is 11.6 Å². The van der Waals surface area contributed by atoms with Gasteiger partial charge in [-0.1, -0.05) is 42.0 Å². The van der Waals surface area contributed by atoms with Crippen LogP contribution in [0.15, 0.2) is 48.5 Å². The highest BCUT2D eigenvalue weighted by molar-refractivity contribution is 5.76. The van der Waals surface area contributed by atoms with Crippen molar-refractivity contribution < 1.29 is 9.18 Å². The van der Waals surface area contributed by atoms with E-state index in [0.717, 1.165) is 5.56 Å². The molecule has 0 spiro atoms. The van der Waals surface area contributed by atoms with Crippen LogP contribution in [0.1, 0.15) is 17.5 Å². The van der Waals surface area contributed by atoms with Gasteiger partial charge in [-0.25, -0.2) is 4.39 Å². The number of halogens is 1. The Morgan fingerprint density at radius 3 is 2.71 bits per heavy atom. The van der Waals surface area contributed by atoms with Crippen LogP contribution in [-0.4, -0.2) is 12.5 Å². The molecule has 0 heterocycles. The second kappa shape index (κ2) is 7.43. The van der Waals surface area contributed by atoms with Gasteiger partial charge in [0.15, 0.2) is 0 Å². The lowest BCUT2D eigenvalue weighted by atomic mass is 10.1. The first-order valence-electron chi connectivity index (χ1n) is 6.96. The van der Waals surface area contributed by atoms with Gasteiger partial charge < -0.3 is 10.6 Å². The zero-order valence-electron chi connectivity index (χ0n) is 12.0. The van der Waals surface area contributed by atoms with Gasteiger partial charge in [-0.2, -0.15) is 0 Å². The fraction of sp³-hybridized carbons (Fsp3) is 0.235. The van der Waals surface area contributed by atoms with Crippen molar-refractivity contribution in [1.82, 2.24) is 5.32 Å². The van der Waals surface area contributed by atoms with Crippen molar-refractivity contribution in [2.75, 3.05) is 11.9 Å². The second-order valence-corrected chi connectivity index (χ2v) is 4.92. The third-order valence-electron chi connectivity index (χ3n) is 3.11. The highest BCUT2D eigenvalue weighted by atomic mass is 19.1. The number of nitrogens with one attached hydrogen (secondary N) is 2. The molecule has 0 aliphatic carbocycles. The minimum absolute atomic E-state index is 0.0552. The van der Waals surface area contributed by atoms with Gasteiger partial charge in [-0.15, -0.1) is 0 Å². The van der Waals surface area contributed by atoms with Gasteiger partial charge in [0.1, 0.15) is 5.82 Å². The second-order valence-electron chi connectivity index (χ2n) is 4.92. The van der Waals surface area contributed by atoms with Crippen LogP contribution < -0.4 is 10.6 Å². The molecule has 1 amide bonds. The third kappa shape index (κ3) is 4.91. The Labute approximate surface area is 124 Å². The Bertz CT molecular complexity index is 613. The lowest BCUT2D eigenvalue weighted by Crippen LogP contribution is -2.25. The number of hydrogen-bond acceptors (Lipinski definition) is 2. The maximum atomic E-state index is 13.4. The maximum Gasteiger partial charge on any atom is 0.222 e. The predicted octanol–water partition coefficient (Wildman–Crippen LogP) is 3.25. The maximum absolute atomic E-state index is 13.4. The van der Waals surface area contributed by atoms with Crippen molar-refractivity contribution in [3.8, 4) is 0 Å². The summed E-state index contributed by atoms with van der Waals surface area (Å²) >= 11 is 0. The number of para-hydroxylation sites is 1. The Hall–Kier alpha value is -2.36. The molecule has 0 bridgehead atoms. The van der Waals surface area contributed by atoms with Gasteiger partial charge in [0.25, 0.3) is 0 Å².